The smallest absolute Gasteiger partial charge is 0.325 e. The van der Waals surface area contributed by atoms with E-state index in [1.807, 2.05) is 62.4 Å². The van der Waals surface area contributed by atoms with Gasteiger partial charge in [-0.1, -0.05) is 48.0 Å². The number of hydrogen-bond acceptors (Lipinski definition) is 7. The van der Waals surface area contributed by atoms with Gasteiger partial charge in [-0.2, -0.15) is 15.0 Å². The molecule has 1 aromatic heterocycles. The van der Waals surface area contributed by atoms with Gasteiger partial charge in [-0.3, -0.25) is 9.69 Å². The Bertz CT molecular complexity index is 1160. The molecular formula is C22H23N7O2. The van der Waals surface area contributed by atoms with E-state index < -0.39 is 11.6 Å². The minimum Gasteiger partial charge on any atom is -0.368 e. The Balaban J connectivity index is 1.58. The number of imide groups is 1. The lowest BCUT2D eigenvalue weighted by molar-refractivity contribution is -0.131. The van der Waals surface area contributed by atoms with Gasteiger partial charge in [0, 0.05) is 5.69 Å². The summed E-state index contributed by atoms with van der Waals surface area (Å²) in [5.74, 6) is 0.0635. The van der Waals surface area contributed by atoms with Crippen molar-refractivity contribution >= 4 is 29.5 Å². The maximum absolute atomic E-state index is 13.2. The standard InChI is InChI=1S/C22H23N7O2/c1-13-8-10-15(11-9-13)22(3)18(30)29(21(31)28-22)12-17-25-19(23)27-20(26-17)24-16-7-5-4-6-14(16)2/h4-11H,12H2,1-3H3,(H,28,31)(H3,23,24,25,26,27)/t22-/m1/s1. The third kappa shape index (κ3) is 3.89. The second kappa shape index (κ2) is 7.67. The molecule has 0 unspecified atom stereocenters. The van der Waals surface area contributed by atoms with E-state index in [9.17, 15) is 9.59 Å². The van der Waals surface area contributed by atoms with Gasteiger partial charge in [0.15, 0.2) is 5.82 Å². The van der Waals surface area contributed by atoms with Gasteiger partial charge in [0.05, 0.1) is 6.54 Å². The van der Waals surface area contributed by atoms with E-state index >= 15 is 0 Å². The Morgan fingerprint density at radius 2 is 1.74 bits per heavy atom. The first-order valence-corrected chi connectivity index (χ1v) is 9.80. The summed E-state index contributed by atoms with van der Waals surface area (Å²) in [5, 5.41) is 5.88. The lowest BCUT2D eigenvalue weighted by atomic mass is 9.91. The first kappa shape index (κ1) is 20.3. The average molecular weight is 417 g/mol. The molecule has 1 aliphatic heterocycles. The predicted molar refractivity (Wildman–Crippen MR) is 116 cm³/mol. The quantitative estimate of drug-likeness (QED) is 0.545. The van der Waals surface area contributed by atoms with E-state index in [0.717, 1.165) is 21.7 Å². The monoisotopic (exact) mass is 417 g/mol. The van der Waals surface area contributed by atoms with Crippen molar-refractivity contribution in [3.63, 3.8) is 0 Å². The topological polar surface area (TPSA) is 126 Å². The van der Waals surface area contributed by atoms with Gasteiger partial charge in [-0.05, 0) is 38.0 Å². The predicted octanol–water partition coefficient (Wildman–Crippen LogP) is 2.78. The lowest BCUT2D eigenvalue weighted by Gasteiger charge is -2.22. The van der Waals surface area contributed by atoms with Crippen molar-refractivity contribution in [1.82, 2.24) is 25.2 Å². The van der Waals surface area contributed by atoms with Crippen LogP contribution in [-0.2, 0) is 16.9 Å². The van der Waals surface area contributed by atoms with Crippen LogP contribution in [0, 0.1) is 13.8 Å². The largest absolute Gasteiger partial charge is 0.368 e. The highest BCUT2D eigenvalue weighted by Gasteiger charge is 2.49. The van der Waals surface area contributed by atoms with Crippen LogP contribution in [-0.4, -0.2) is 31.8 Å². The zero-order valence-corrected chi connectivity index (χ0v) is 17.5. The van der Waals surface area contributed by atoms with Crippen molar-refractivity contribution in [2.75, 3.05) is 11.1 Å². The van der Waals surface area contributed by atoms with Crippen LogP contribution in [0.1, 0.15) is 29.4 Å². The molecule has 2 heterocycles. The van der Waals surface area contributed by atoms with E-state index in [-0.39, 0.29) is 30.2 Å². The number of benzene rings is 2. The van der Waals surface area contributed by atoms with E-state index in [2.05, 4.69) is 25.6 Å². The maximum Gasteiger partial charge on any atom is 0.325 e. The van der Waals surface area contributed by atoms with Crippen molar-refractivity contribution in [2.45, 2.75) is 32.9 Å². The van der Waals surface area contributed by atoms with Gasteiger partial charge in [0.2, 0.25) is 11.9 Å². The third-order valence-corrected chi connectivity index (χ3v) is 5.29. The third-order valence-electron chi connectivity index (χ3n) is 5.29. The zero-order chi connectivity index (χ0) is 22.2. The molecule has 0 radical (unpaired) electrons. The Morgan fingerprint density at radius 1 is 1.03 bits per heavy atom. The van der Waals surface area contributed by atoms with Crippen molar-refractivity contribution < 1.29 is 9.59 Å². The molecule has 9 heteroatoms. The Hall–Kier alpha value is -4.01. The molecular weight excluding hydrogens is 394 g/mol. The maximum atomic E-state index is 13.2. The molecule has 3 aromatic rings. The minimum absolute atomic E-state index is 0.00515. The summed E-state index contributed by atoms with van der Waals surface area (Å²) < 4.78 is 0. The molecule has 3 amide bonds. The van der Waals surface area contributed by atoms with Crippen LogP contribution in [0.15, 0.2) is 48.5 Å². The molecule has 4 N–H and O–H groups in total. The molecule has 0 saturated carbocycles. The minimum atomic E-state index is -1.16. The summed E-state index contributed by atoms with van der Waals surface area (Å²) in [6.45, 7) is 5.47. The summed E-state index contributed by atoms with van der Waals surface area (Å²) >= 11 is 0. The average Bonchev–Trinajstić information content (AvgIpc) is 2.94. The van der Waals surface area contributed by atoms with Crippen molar-refractivity contribution in [1.29, 1.82) is 0 Å². The number of aryl methyl sites for hydroxylation is 2. The van der Waals surface area contributed by atoms with E-state index in [0.29, 0.717) is 5.56 Å². The van der Waals surface area contributed by atoms with Crippen LogP contribution >= 0.6 is 0 Å². The molecule has 0 aliphatic carbocycles. The summed E-state index contributed by atoms with van der Waals surface area (Å²) in [5.41, 5.74) is 8.28. The summed E-state index contributed by atoms with van der Waals surface area (Å²) in [7, 11) is 0. The van der Waals surface area contributed by atoms with E-state index in [1.165, 1.54) is 0 Å². The highest BCUT2D eigenvalue weighted by Crippen LogP contribution is 2.30. The molecule has 158 valence electrons. The highest BCUT2D eigenvalue weighted by molar-refractivity contribution is 6.07. The number of hydrogen-bond donors (Lipinski definition) is 3. The number of aromatic nitrogens is 3. The van der Waals surface area contributed by atoms with Crippen molar-refractivity contribution in [3.8, 4) is 0 Å². The van der Waals surface area contributed by atoms with Gasteiger partial charge >= 0.3 is 6.03 Å². The molecule has 4 rings (SSSR count). The fourth-order valence-corrected chi connectivity index (χ4v) is 3.46. The number of rotatable bonds is 5. The van der Waals surface area contributed by atoms with E-state index in [1.54, 1.807) is 6.92 Å². The first-order chi connectivity index (χ1) is 14.8. The normalized spacial score (nSPS) is 18.2. The Kier molecular flexibility index (Phi) is 5.02. The number of amides is 3. The van der Waals surface area contributed by atoms with E-state index in [4.69, 9.17) is 5.73 Å². The number of urea groups is 1. The zero-order valence-electron chi connectivity index (χ0n) is 17.5. The molecule has 1 atom stereocenters. The van der Waals surface area contributed by atoms with Crippen LogP contribution in [0.4, 0.5) is 22.4 Å². The molecule has 9 nitrogen and oxygen atoms in total. The molecule has 1 saturated heterocycles. The number of nitrogens with two attached hydrogens (primary N) is 1. The summed E-state index contributed by atoms with van der Waals surface area (Å²) in [6.07, 6.45) is 0. The van der Waals surface area contributed by atoms with Crippen molar-refractivity contribution in [2.24, 2.45) is 0 Å². The van der Waals surface area contributed by atoms with Crippen LogP contribution < -0.4 is 16.4 Å². The van der Waals surface area contributed by atoms with Crippen LogP contribution in [0.3, 0.4) is 0 Å². The van der Waals surface area contributed by atoms with Crippen molar-refractivity contribution in [3.05, 3.63) is 71.0 Å². The van der Waals surface area contributed by atoms with Gasteiger partial charge in [0.1, 0.15) is 5.54 Å². The number of nitrogens with zero attached hydrogens (tertiary/aromatic N) is 4. The van der Waals surface area contributed by atoms with Gasteiger partial charge in [0.25, 0.3) is 5.91 Å². The van der Waals surface area contributed by atoms with Gasteiger partial charge in [-0.25, -0.2) is 4.79 Å². The number of anilines is 3. The Labute approximate surface area is 179 Å². The molecule has 0 bridgehead atoms. The second-order valence-corrected chi connectivity index (χ2v) is 7.69. The number of nitrogens with one attached hydrogen (secondary N) is 2. The fraction of sp³-hybridized carbons (Fsp3) is 0.227. The number of nitrogen functional groups attached to an aromatic ring is 1. The molecule has 31 heavy (non-hydrogen) atoms. The SMILES string of the molecule is Cc1ccc([C@@]2(C)NC(=O)N(Cc3nc(N)nc(Nc4ccccc4C)n3)C2=O)cc1. The molecule has 1 aliphatic rings. The van der Waals surface area contributed by atoms with Gasteiger partial charge in [-0.15, -0.1) is 0 Å². The Morgan fingerprint density at radius 3 is 2.45 bits per heavy atom. The lowest BCUT2D eigenvalue weighted by Crippen LogP contribution is -2.40. The molecule has 2 aromatic carbocycles. The fourth-order valence-electron chi connectivity index (χ4n) is 3.46. The summed E-state index contributed by atoms with van der Waals surface area (Å²) in [6, 6.07) is 14.6. The number of carbonyl (C=O) groups is 2. The first-order valence-electron chi connectivity index (χ1n) is 9.80. The highest BCUT2D eigenvalue weighted by atomic mass is 16.2. The summed E-state index contributed by atoms with van der Waals surface area (Å²) in [4.78, 5) is 39.4. The molecule has 0 spiro atoms. The number of para-hydroxylation sites is 1. The second-order valence-electron chi connectivity index (χ2n) is 7.69. The number of carbonyl (C=O) groups excluding carboxylic acids is 2. The van der Waals surface area contributed by atoms with Crippen LogP contribution in [0.25, 0.3) is 0 Å². The molecule has 1 fully saturated rings. The van der Waals surface area contributed by atoms with Gasteiger partial charge < -0.3 is 16.4 Å². The van der Waals surface area contributed by atoms with Crippen LogP contribution in [0.5, 0.6) is 0 Å². The van der Waals surface area contributed by atoms with Crippen LogP contribution in [0.2, 0.25) is 0 Å².